The van der Waals surface area contributed by atoms with Gasteiger partial charge in [0.1, 0.15) is 11.3 Å². The lowest BCUT2D eigenvalue weighted by Gasteiger charge is -2.17. The molecule has 3 aromatic rings. The van der Waals surface area contributed by atoms with Crippen LogP contribution in [0.5, 0.6) is 0 Å². The molecule has 0 bridgehead atoms. The molecular weight excluding hydrogens is 338 g/mol. The molecule has 1 N–H and O–H groups in total. The molecule has 4 heteroatoms. The Morgan fingerprint density at radius 3 is 2.26 bits per heavy atom. The maximum atomic E-state index is 12.6. The number of anilines is 1. The van der Waals surface area contributed by atoms with E-state index in [9.17, 15) is 9.59 Å². The largest absolute Gasteiger partial charge is 0.456 e. The van der Waals surface area contributed by atoms with E-state index in [1.54, 1.807) is 18.2 Å². The van der Waals surface area contributed by atoms with Crippen LogP contribution < -0.4 is 10.7 Å². The lowest BCUT2D eigenvalue weighted by Crippen LogP contribution is -2.27. The maximum Gasteiger partial charge on any atom is 0.229 e. The Hall–Kier alpha value is -2.88. The average molecular weight is 363 g/mol. The molecule has 2 aromatic carbocycles. The van der Waals surface area contributed by atoms with Crippen LogP contribution in [0.3, 0.4) is 0 Å². The summed E-state index contributed by atoms with van der Waals surface area (Å²) in [6.45, 7) is 9.81. The van der Waals surface area contributed by atoms with Crippen LogP contribution in [0.1, 0.15) is 46.1 Å². The van der Waals surface area contributed by atoms with E-state index in [1.165, 1.54) is 11.6 Å². The third-order valence-electron chi connectivity index (χ3n) is 4.53. The van der Waals surface area contributed by atoms with Crippen molar-refractivity contribution in [2.24, 2.45) is 5.41 Å². The second kappa shape index (κ2) is 7.03. The monoisotopic (exact) mass is 363 g/mol. The summed E-state index contributed by atoms with van der Waals surface area (Å²) in [5.41, 5.74) is 2.55. The van der Waals surface area contributed by atoms with E-state index in [0.717, 1.165) is 5.56 Å². The molecule has 27 heavy (non-hydrogen) atoms. The zero-order valence-corrected chi connectivity index (χ0v) is 16.4. The van der Waals surface area contributed by atoms with Crippen LogP contribution in [-0.4, -0.2) is 5.91 Å². The quantitative estimate of drug-likeness (QED) is 0.662. The predicted molar refractivity (Wildman–Crippen MR) is 110 cm³/mol. The Morgan fingerprint density at radius 2 is 1.67 bits per heavy atom. The molecule has 4 nitrogen and oxygen atoms in total. The molecule has 0 fully saturated rings. The summed E-state index contributed by atoms with van der Waals surface area (Å²) < 4.78 is 5.94. The molecule has 140 valence electrons. The first-order valence-corrected chi connectivity index (χ1v) is 9.15. The van der Waals surface area contributed by atoms with Crippen LogP contribution in [-0.2, 0) is 4.79 Å². The highest BCUT2D eigenvalue weighted by Gasteiger charge is 2.21. The Balaban J connectivity index is 1.97. The molecule has 1 aromatic heterocycles. The summed E-state index contributed by atoms with van der Waals surface area (Å²) in [6, 6.07) is 14.7. The minimum atomic E-state index is -0.508. The van der Waals surface area contributed by atoms with Gasteiger partial charge in [0.05, 0.1) is 5.39 Å². The first-order valence-electron chi connectivity index (χ1n) is 9.15. The topological polar surface area (TPSA) is 59.3 Å². The van der Waals surface area contributed by atoms with Gasteiger partial charge in [0.15, 0.2) is 5.43 Å². The first kappa shape index (κ1) is 18.9. The molecule has 0 unspecified atom stereocenters. The number of carbonyl (C=O) groups excluding carboxylic acids is 1. The lowest BCUT2D eigenvalue weighted by molar-refractivity contribution is -0.123. The van der Waals surface area contributed by atoms with Crippen molar-refractivity contribution in [1.29, 1.82) is 0 Å². The molecule has 1 heterocycles. The van der Waals surface area contributed by atoms with E-state index in [0.29, 0.717) is 28.3 Å². The van der Waals surface area contributed by atoms with Crippen molar-refractivity contribution in [3.8, 4) is 11.3 Å². The third-order valence-corrected chi connectivity index (χ3v) is 4.53. The lowest BCUT2D eigenvalue weighted by atomic mass is 9.95. The van der Waals surface area contributed by atoms with Gasteiger partial charge in [0, 0.05) is 22.7 Å². The summed E-state index contributed by atoms with van der Waals surface area (Å²) in [5, 5.41) is 3.29. The van der Waals surface area contributed by atoms with E-state index in [2.05, 4.69) is 31.3 Å². The van der Waals surface area contributed by atoms with Gasteiger partial charge < -0.3 is 9.73 Å². The number of amides is 1. The Morgan fingerprint density at radius 1 is 1.00 bits per heavy atom. The van der Waals surface area contributed by atoms with Crippen molar-refractivity contribution in [1.82, 2.24) is 0 Å². The van der Waals surface area contributed by atoms with Crippen molar-refractivity contribution < 1.29 is 9.21 Å². The number of hydrogen-bond acceptors (Lipinski definition) is 3. The van der Waals surface area contributed by atoms with Crippen LogP contribution in [0.4, 0.5) is 5.69 Å². The second-order valence-electron chi connectivity index (χ2n) is 8.17. The highest BCUT2D eigenvalue weighted by Crippen LogP contribution is 2.26. The molecule has 0 saturated carbocycles. The molecule has 0 spiro atoms. The molecule has 1 amide bonds. The number of fused-ring (bicyclic) bond motifs is 1. The van der Waals surface area contributed by atoms with Gasteiger partial charge in [-0.15, -0.1) is 0 Å². The van der Waals surface area contributed by atoms with Gasteiger partial charge in [-0.1, -0.05) is 58.9 Å². The molecule has 3 rings (SSSR count). The Bertz CT molecular complexity index is 1040. The van der Waals surface area contributed by atoms with Crippen molar-refractivity contribution in [2.45, 2.75) is 40.5 Å². The first-order chi connectivity index (χ1) is 12.6. The zero-order chi connectivity index (χ0) is 19.8. The maximum absolute atomic E-state index is 12.6. The zero-order valence-electron chi connectivity index (χ0n) is 16.4. The van der Waals surface area contributed by atoms with Gasteiger partial charge in [0.25, 0.3) is 0 Å². The van der Waals surface area contributed by atoms with Gasteiger partial charge in [-0.25, -0.2) is 0 Å². The van der Waals surface area contributed by atoms with Crippen LogP contribution in [0, 0.1) is 5.41 Å². The average Bonchev–Trinajstić information content (AvgIpc) is 2.61. The van der Waals surface area contributed by atoms with Crippen LogP contribution in [0.15, 0.2) is 57.7 Å². The Kier molecular flexibility index (Phi) is 4.92. The highest BCUT2D eigenvalue weighted by molar-refractivity contribution is 5.96. The molecular formula is C23H25NO3. The number of carbonyl (C=O) groups is 1. The molecule has 0 aliphatic heterocycles. The highest BCUT2D eigenvalue weighted by atomic mass is 16.3. The van der Waals surface area contributed by atoms with Crippen LogP contribution in [0.25, 0.3) is 22.3 Å². The summed E-state index contributed by atoms with van der Waals surface area (Å²) in [5.74, 6) is 0.881. The normalized spacial score (nSPS) is 11.8. The summed E-state index contributed by atoms with van der Waals surface area (Å²) >= 11 is 0. The van der Waals surface area contributed by atoms with E-state index in [4.69, 9.17) is 4.42 Å². The molecule has 0 atom stereocenters. The molecule has 0 aliphatic rings. The van der Waals surface area contributed by atoms with Crippen molar-refractivity contribution >= 4 is 22.6 Å². The van der Waals surface area contributed by atoms with E-state index in [1.807, 2.05) is 32.9 Å². The second-order valence-corrected chi connectivity index (χ2v) is 8.17. The number of benzene rings is 2. The number of hydrogen-bond donors (Lipinski definition) is 1. The molecule has 0 saturated heterocycles. The van der Waals surface area contributed by atoms with Gasteiger partial charge in [-0.3, -0.25) is 9.59 Å². The third kappa shape index (κ3) is 4.11. The van der Waals surface area contributed by atoms with E-state index in [-0.39, 0.29) is 11.3 Å². The van der Waals surface area contributed by atoms with Gasteiger partial charge in [-0.05, 0) is 29.7 Å². The summed E-state index contributed by atoms with van der Waals surface area (Å²) in [6.07, 6.45) is 0. The minimum Gasteiger partial charge on any atom is -0.456 e. The van der Waals surface area contributed by atoms with Crippen LogP contribution in [0.2, 0.25) is 0 Å². The van der Waals surface area contributed by atoms with Crippen molar-refractivity contribution in [2.75, 3.05) is 5.32 Å². The standard InChI is InChI=1S/C23H25NO3/c1-14(2)15-6-8-16(9-7-15)21-13-19(25)18-12-17(10-11-20(18)27-21)24-22(26)23(3,4)5/h6-14H,1-5H3,(H,24,26). The fourth-order valence-corrected chi connectivity index (χ4v) is 2.73. The fourth-order valence-electron chi connectivity index (χ4n) is 2.73. The van der Waals surface area contributed by atoms with Crippen molar-refractivity contribution in [3.63, 3.8) is 0 Å². The smallest absolute Gasteiger partial charge is 0.229 e. The number of rotatable bonds is 3. The van der Waals surface area contributed by atoms with E-state index >= 15 is 0 Å². The summed E-state index contributed by atoms with van der Waals surface area (Å²) in [4.78, 5) is 24.8. The summed E-state index contributed by atoms with van der Waals surface area (Å²) in [7, 11) is 0. The predicted octanol–water partition coefficient (Wildman–Crippen LogP) is 5.57. The SMILES string of the molecule is CC(C)c1ccc(-c2cc(=O)c3cc(NC(=O)C(C)(C)C)ccc3o2)cc1. The van der Waals surface area contributed by atoms with Crippen molar-refractivity contribution in [3.05, 3.63) is 64.3 Å². The molecule has 0 aliphatic carbocycles. The Labute approximate surface area is 159 Å². The van der Waals surface area contributed by atoms with E-state index < -0.39 is 5.41 Å². The van der Waals surface area contributed by atoms with Gasteiger partial charge >= 0.3 is 0 Å². The molecule has 0 radical (unpaired) electrons. The fraction of sp³-hybridized carbons (Fsp3) is 0.304. The van der Waals surface area contributed by atoms with Gasteiger partial charge in [-0.2, -0.15) is 0 Å². The van der Waals surface area contributed by atoms with Gasteiger partial charge in [0.2, 0.25) is 5.91 Å². The number of nitrogens with one attached hydrogen (secondary N) is 1. The minimum absolute atomic E-state index is 0.104. The van der Waals surface area contributed by atoms with Crippen LogP contribution >= 0.6 is 0 Å².